The van der Waals surface area contributed by atoms with Gasteiger partial charge in [-0.1, -0.05) is 0 Å². The van der Waals surface area contributed by atoms with E-state index in [9.17, 15) is 4.79 Å². The van der Waals surface area contributed by atoms with E-state index < -0.39 is 0 Å². The van der Waals surface area contributed by atoms with Gasteiger partial charge in [0.05, 0.1) is 17.4 Å². The van der Waals surface area contributed by atoms with Crippen molar-refractivity contribution in [3.8, 4) is 0 Å². The molecule has 1 aromatic heterocycles. The Morgan fingerprint density at radius 1 is 1.21 bits per heavy atom. The Morgan fingerprint density at radius 3 is 2.47 bits per heavy atom. The topological polar surface area (TPSA) is 71.2 Å². The summed E-state index contributed by atoms with van der Waals surface area (Å²) >= 11 is 0. The molecular formula is C14H16N4O. The van der Waals surface area contributed by atoms with E-state index >= 15 is 0 Å². The van der Waals surface area contributed by atoms with E-state index in [0.717, 1.165) is 11.4 Å². The Labute approximate surface area is 112 Å². The lowest BCUT2D eigenvalue weighted by Crippen LogP contribution is -2.14. The molecule has 1 amide bonds. The number of rotatable bonds is 3. The van der Waals surface area contributed by atoms with Gasteiger partial charge < -0.3 is 16.0 Å². The molecule has 5 nitrogen and oxygen atoms in total. The van der Waals surface area contributed by atoms with Gasteiger partial charge in [0.1, 0.15) is 0 Å². The summed E-state index contributed by atoms with van der Waals surface area (Å²) in [5.41, 5.74) is 8.30. The molecule has 1 aromatic carbocycles. The number of carbonyl (C=O) groups excluding carboxylic acids is 1. The molecule has 19 heavy (non-hydrogen) atoms. The third-order valence-electron chi connectivity index (χ3n) is 2.74. The predicted molar refractivity (Wildman–Crippen MR) is 77.4 cm³/mol. The molecule has 0 unspecified atom stereocenters. The van der Waals surface area contributed by atoms with E-state index in [4.69, 9.17) is 5.73 Å². The Bertz CT molecular complexity index is 578. The Morgan fingerprint density at radius 2 is 1.89 bits per heavy atom. The number of nitrogen functional groups attached to an aromatic ring is 1. The highest BCUT2D eigenvalue weighted by Crippen LogP contribution is 2.17. The first-order valence-electron chi connectivity index (χ1n) is 5.86. The first kappa shape index (κ1) is 12.9. The monoisotopic (exact) mass is 256 g/mol. The number of benzene rings is 1. The zero-order chi connectivity index (χ0) is 13.8. The molecular weight excluding hydrogens is 240 g/mol. The fraction of sp³-hybridized carbons (Fsp3) is 0.143. The molecule has 0 radical (unpaired) electrons. The van der Waals surface area contributed by atoms with Crippen LogP contribution in [0.1, 0.15) is 10.4 Å². The van der Waals surface area contributed by atoms with Crippen molar-refractivity contribution in [1.29, 1.82) is 0 Å². The zero-order valence-corrected chi connectivity index (χ0v) is 10.9. The molecule has 0 aliphatic carbocycles. The van der Waals surface area contributed by atoms with Crippen LogP contribution >= 0.6 is 0 Å². The van der Waals surface area contributed by atoms with Crippen LogP contribution in [0.15, 0.2) is 42.7 Å². The number of hydrogen-bond donors (Lipinski definition) is 2. The fourth-order valence-electron chi connectivity index (χ4n) is 1.65. The van der Waals surface area contributed by atoms with E-state index in [1.54, 1.807) is 12.3 Å². The predicted octanol–water partition coefficient (Wildman–Crippen LogP) is 1.98. The normalized spacial score (nSPS) is 10.0. The smallest absolute Gasteiger partial charge is 0.257 e. The maximum absolute atomic E-state index is 12.0. The van der Waals surface area contributed by atoms with Crippen LogP contribution in [0.5, 0.6) is 0 Å². The molecule has 1 heterocycles. The summed E-state index contributed by atoms with van der Waals surface area (Å²) in [4.78, 5) is 17.9. The standard InChI is InChI=1S/C14H16N4O/c1-18(2)11-5-3-10(4-6-11)17-14(19)12-7-8-16-9-13(12)15/h3-9H,15H2,1-2H3,(H,17,19). The molecule has 0 fully saturated rings. The minimum atomic E-state index is -0.238. The molecule has 5 heteroatoms. The van der Waals surface area contributed by atoms with Crippen LogP contribution in [-0.2, 0) is 0 Å². The van der Waals surface area contributed by atoms with Gasteiger partial charge in [-0.25, -0.2) is 0 Å². The van der Waals surface area contributed by atoms with Gasteiger partial charge in [0.2, 0.25) is 0 Å². The number of pyridine rings is 1. The number of aromatic nitrogens is 1. The van der Waals surface area contributed by atoms with Gasteiger partial charge in [-0.3, -0.25) is 9.78 Å². The van der Waals surface area contributed by atoms with Crippen molar-refractivity contribution >= 4 is 23.0 Å². The summed E-state index contributed by atoms with van der Waals surface area (Å²) in [5.74, 6) is -0.238. The third kappa shape index (κ3) is 3.01. The van der Waals surface area contributed by atoms with Crippen molar-refractivity contribution in [1.82, 2.24) is 4.98 Å². The average molecular weight is 256 g/mol. The van der Waals surface area contributed by atoms with E-state index in [1.165, 1.54) is 6.20 Å². The van der Waals surface area contributed by atoms with Crippen LogP contribution in [0.4, 0.5) is 17.1 Å². The molecule has 0 bridgehead atoms. The minimum absolute atomic E-state index is 0.238. The van der Waals surface area contributed by atoms with E-state index in [-0.39, 0.29) is 5.91 Å². The molecule has 0 atom stereocenters. The maximum Gasteiger partial charge on any atom is 0.257 e. The van der Waals surface area contributed by atoms with Gasteiger partial charge in [0, 0.05) is 31.7 Å². The highest BCUT2D eigenvalue weighted by atomic mass is 16.1. The second kappa shape index (κ2) is 5.39. The largest absolute Gasteiger partial charge is 0.397 e. The summed E-state index contributed by atoms with van der Waals surface area (Å²) in [6.07, 6.45) is 3.00. The molecule has 98 valence electrons. The molecule has 3 N–H and O–H groups in total. The second-order valence-electron chi connectivity index (χ2n) is 4.36. The molecule has 0 spiro atoms. The summed E-state index contributed by atoms with van der Waals surface area (Å²) in [6, 6.07) is 9.17. The van der Waals surface area contributed by atoms with E-state index in [0.29, 0.717) is 11.3 Å². The zero-order valence-electron chi connectivity index (χ0n) is 10.9. The van der Waals surface area contributed by atoms with Gasteiger partial charge >= 0.3 is 0 Å². The number of amides is 1. The number of nitrogens with one attached hydrogen (secondary N) is 1. The van der Waals surface area contributed by atoms with Crippen LogP contribution in [0.2, 0.25) is 0 Å². The summed E-state index contributed by atoms with van der Waals surface area (Å²) < 4.78 is 0. The van der Waals surface area contributed by atoms with Crippen molar-refractivity contribution < 1.29 is 4.79 Å². The molecule has 0 saturated heterocycles. The molecule has 0 aliphatic rings. The van der Waals surface area contributed by atoms with Crippen LogP contribution in [0, 0.1) is 0 Å². The summed E-state index contributed by atoms with van der Waals surface area (Å²) in [7, 11) is 3.93. The molecule has 0 saturated carbocycles. The van der Waals surface area contributed by atoms with Crippen molar-refractivity contribution in [3.63, 3.8) is 0 Å². The Balaban J connectivity index is 2.13. The molecule has 2 aromatic rings. The van der Waals surface area contributed by atoms with Crippen LogP contribution in [-0.4, -0.2) is 25.0 Å². The van der Waals surface area contributed by atoms with Crippen molar-refractivity contribution in [3.05, 3.63) is 48.3 Å². The van der Waals surface area contributed by atoms with Gasteiger partial charge in [-0.05, 0) is 30.3 Å². The molecule has 0 aliphatic heterocycles. The van der Waals surface area contributed by atoms with Crippen molar-refractivity contribution in [2.75, 3.05) is 30.0 Å². The summed E-state index contributed by atoms with van der Waals surface area (Å²) in [5, 5.41) is 2.80. The maximum atomic E-state index is 12.0. The second-order valence-corrected chi connectivity index (χ2v) is 4.36. The number of nitrogens with zero attached hydrogens (tertiary/aromatic N) is 2. The quantitative estimate of drug-likeness (QED) is 0.881. The lowest BCUT2D eigenvalue weighted by molar-refractivity contribution is 0.102. The highest BCUT2D eigenvalue weighted by molar-refractivity contribution is 6.07. The van der Waals surface area contributed by atoms with E-state index in [1.807, 2.05) is 43.3 Å². The SMILES string of the molecule is CN(C)c1ccc(NC(=O)c2ccncc2N)cc1. The highest BCUT2D eigenvalue weighted by Gasteiger charge is 2.09. The van der Waals surface area contributed by atoms with Crippen LogP contribution < -0.4 is 16.0 Å². The van der Waals surface area contributed by atoms with Crippen LogP contribution in [0.3, 0.4) is 0 Å². The minimum Gasteiger partial charge on any atom is -0.397 e. The van der Waals surface area contributed by atoms with Gasteiger partial charge in [-0.2, -0.15) is 0 Å². The number of anilines is 3. The average Bonchev–Trinajstić information content (AvgIpc) is 2.39. The van der Waals surface area contributed by atoms with Crippen LogP contribution in [0.25, 0.3) is 0 Å². The van der Waals surface area contributed by atoms with Gasteiger partial charge in [0.15, 0.2) is 0 Å². The Hall–Kier alpha value is -2.56. The number of hydrogen-bond acceptors (Lipinski definition) is 4. The van der Waals surface area contributed by atoms with Gasteiger partial charge in [0.25, 0.3) is 5.91 Å². The third-order valence-corrected chi connectivity index (χ3v) is 2.74. The lowest BCUT2D eigenvalue weighted by Gasteiger charge is -2.13. The number of carbonyl (C=O) groups is 1. The lowest BCUT2D eigenvalue weighted by atomic mass is 10.2. The van der Waals surface area contributed by atoms with Gasteiger partial charge in [-0.15, -0.1) is 0 Å². The van der Waals surface area contributed by atoms with Crippen molar-refractivity contribution in [2.45, 2.75) is 0 Å². The van der Waals surface area contributed by atoms with E-state index in [2.05, 4.69) is 10.3 Å². The first-order valence-corrected chi connectivity index (χ1v) is 5.86. The Kier molecular flexibility index (Phi) is 3.66. The fourth-order valence-corrected chi connectivity index (χ4v) is 1.65. The van der Waals surface area contributed by atoms with Crippen molar-refractivity contribution in [2.24, 2.45) is 0 Å². The number of nitrogens with two attached hydrogens (primary N) is 1. The summed E-state index contributed by atoms with van der Waals surface area (Å²) in [6.45, 7) is 0. The first-order chi connectivity index (χ1) is 9.08. The molecule has 2 rings (SSSR count).